The first-order chi connectivity index (χ1) is 38.1. The number of unbranched alkanes of at least 4 members (excludes halogenated alkanes) is 2. The van der Waals surface area contributed by atoms with Crippen molar-refractivity contribution < 1.29 is 53.1 Å². The van der Waals surface area contributed by atoms with E-state index in [2.05, 4.69) is 43.6 Å². The minimum Gasteiger partial charge on any atom is -0.545 e. The molecule has 1 heterocycles. The first kappa shape index (κ1) is 65.3. The lowest BCUT2D eigenvalue weighted by atomic mass is 9.81. The number of nitrogens with one attached hydrogen (secondary N) is 3. The number of aliphatic imine (C=N–C) groups is 3. The van der Waals surface area contributed by atoms with E-state index in [4.69, 9.17) is 21.9 Å². The maximum Gasteiger partial charge on any atom is 0.306 e. The monoisotopic (exact) mass is 1130 g/mol. The highest BCUT2D eigenvalue weighted by atomic mass is 32.1. The van der Waals surface area contributed by atoms with Gasteiger partial charge in [-0.25, -0.2) is 4.58 Å². The Hall–Kier alpha value is -7.20. The van der Waals surface area contributed by atoms with Crippen molar-refractivity contribution in [2.24, 2.45) is 49.9 Å². The van der Waals surface area contributed by atoms with Gasteiger partial charge in [0.05, 0.1) is 30.4 Å². The molecule has 0 saturated carbocycles. The molecule has 4 rings (SSSR count). The van der Waals surface area contributed by atoms with Crippen molar-refractivity contribution in [2.75, 3.05) is 65.0 Å². The van der Waals surface area contributed by atoms with Crippen LogP contribution in [0.2, 0.25) is 0 Å². The summed E-state index contributed by atoms with van der Waals surface area (Å²) in [7, 11) is 7.70. The van der Waals surface area contributed by atoms with Crippen LogP contribution in [0.4, 0.5) is 5.69 Å². The predicted molar refractivity (Wildman–Crippen MR) is 314 cm³/mol. The summed E-state index contributed by atoms with van der Waals surface area (Å²) < 4.78 is 8.55. The molecule has 0 fully saturated rings. The molecule has 0 bridgehead atoms. The SMILES string of the molecule is CCN=CCC=NC(CS)C(=O)NC(CCCCN)C(=O)CC(CCCN=C(N)N)C(=O)NC(C(=O)CC(CCCCNC(=O)c1ccc(C(=O)[O-])c(C2=C3C=CC(=[N+](C)C)CC3Oc3cc(N(C)C)ccc32)c1)C(=O)O)C(C)C. The molecule has 1 aliphatic carbocycles. The van der Waals surface area contributed by atoms with Gasteiger partial charge in [0.1, 0.15) is 32.0 Å². The van der Waals surface area contributed by atoms with Crippen LogP contribution in [0.1, 0.15) is 130 Å². The summed E-state index contributed by atoms with van der Waals surface area (Å²) in [6, 6.07) is 7.07. The summed E-state index contributed by atoms with van der Waals surface area (Å²) in [6.45, 7) is 6.63. The molecule has 22 heteroatoms. The number of nitrogens with zero attached hydrogens (tertiary/aromatic N) is 5. The molecule has 0 saturated heterocycles. The first-order valence-electron chi connectivity index (χ1n) is 27.4. The molecule has 0 aromatic heterocycles. The Labute approximate surface area is 475 Å². The van der Waals surface area contributed by atoms with Crippen LogP contribution in [-0.2, 0) is 24.0 Å². The smallest absolute Gasteiger partial charge is 0.306 e. The Balaban J connectivity index is 1.46. The number of guanidine groups is 1. The van der Waals surface area contributed by atoms with Crippen LogP contribution >= 0.6 is 12.6 Å². The zero-order chi connectivity index (χ0) is 59.1. The number of ether oxygens (including phenoxy) is 1. The standard InChI is InChI=1S/C58H83N11O10S/c1-8-62-25-14-28-63-46(34-80)55(74)66-45(17-9-11-24-59)47(70)30-36(16-13-27-65-58(60)61)54(73)67-52(35(2)3)48(71)31-38(56(75)76)15-10-12-26-64-53(72)37-18-21-41(57(77)78)44(29-37)51-42-22-19-39(68(4)5)32-49(42)79-50-33-40(69(6)7)20-23-43(50)51/h18-23,25,28-29,32,35-36,38,45-46,50,52H,8-17,24,26-27,30-31,33-34,59H2,1-7H3,(H9-,60,61,64,65,66,67,72,73,74,75,76,77,78,80). The third-order valence-electron chi connectivity index (χ3n) is 14.0. The van der Waals surface area contributed by atoms with E-state index < -0.39 is 89.6 Å². The number of carboxylic acids is 2. The number of aliphatic carboxylic acids is 1. The molecule has 10 N–H and O–H groups in total. The highest BCUT2D eigenvalue weighted by molar-refractivity contribution is 7.80. The van der Waals surface area contributed by atoms with Gasteiger partial charge in [-0.3, -0.25) is 43.7 Å². The van der Waals surface area contributed by atoms with Crippen LogP contribution in [0.5, 0.6) is 5.75 Å². The summed E-state index contributed by atoms with van der Waals surface area (Å²) in [5.41, 5.74) is 21.2. The van der Waals surface area contributed by atoms with Crippen LogP contribution in [0.3, 0.4) is 0 Å². The van der Waals surface area contributed by atoms with Gasteiger partial charge < -0.3 is 57.8 Å². The number of ketones is 2. The third kappa shape index (κ3) is 19.6. The first-order valence-corrected chi connectivity index (χ1v) is 28.1. The van der Waals surface area contributed by atoms with E-state index in [9.17, 15) is 43.8 Å². The number of carboxylic acid groups (broad SMARTS) is 2. The van der Waals surface area contributed by atoms with Crippen LogP contribution in [0.25, 0.3) is 5.57 Å². The van der Waals surface area contributed by atoms with Gasteiger partial charge in [0.25, 0.3) is 5.91 Å². The van der Waals surface area contributed by atoms with Gasteiger partial charge in [0.15, 0.2) is 23.2 Å². The van der Waals surface area contributed by atoms with Gasteiger partial charge in [-0.1, -0.05) is 26.3 Å². The highest BCUT2D eigenvalue weighted by Gasteiger charge is 2.36. The van der Waals surface area contributed by atoms with E-state index in [1.165, 1.54) is 12.1 Å². The number of carbonyl (C=O) groups is 7. The number of amides is 3. The maximum absolute atomic E-state index is 14.2. The number of Topliss-reactive ketones (excluding diaryl/α,β-unsaturated/α-hetero) is 2. The van der Waals surface area contributed by atoms with Crippen molar-refractivity contribution in [1.29, 1.82) is 0 Å². The molecule has 436 valence electrons. The van der Waals surface area contributed by atoms with E-state index >= 15 is 0 Å². The second-order valence-electron chi connectivity index (χ2n) is 20.8. The third-order valence-corrected chi connectivity index (χ3v) is 14.3. The fourth-order valence-corrected chi connectivity index (χ4v) is 9.74. The van der Waals surface area contributed by atoms with E-state index in [1.807, 2.05) is 74.9 Å². The maximum atomic E-state index is 14.2. The van der Waals surface area contributed by atoms with Crippen molar-refractivity contribution in [3.63, 3.8) is 0 Å². The van der Waals surface area contributed by atoms with Gasteiger partial charge in [-0.15, -0.1) is 0 Å². The van der Waals surface area contributed by atoms with Gasteiger partial charge in [-0.05, 0) is 100 Å². The number of nitrogens with two attached hydrogens (primary N) is 3. The largest absolute Gasteiger partial charge is 0.545 e. The van der Waals surface area contributed by atoms with Crippen molar-refractivity contribution in [1.82, 2.24) is 16.0 Å². The number of hydrogen-bond acceptors (Lipinski definition) is 15. The van der Waals surface area contributed by atoms with Gasteiger partial charge >= 0.3 is 5.97 Å². The number of hydrogen-bond donors (Lipinski definition) is 8. The van der Waals surface area contributed by atoms with Crippen molar-refractivity contribution >= 4 is 89.2 Å². The lowest BCUT2D eigenvalue weighted by Crippen LogP contribution is -2.49. The summed E-state index contributed by atoms with van der Waals surface area (Å²) >= 11 is 4.30. The summed E-state index contributed by atoms with van der Waals surface area (Å²) in [4.78, 5) is 109. The molecule has 3 amide bonds. The minimum atomic E-state index is -1.41. The number of thiol groups is 1. The quantitative estimate of drug-likeness (QED) is 0.0164. The van der Waals surface area contributed by atoms with E-state index in [-0.39, 0.29) is 61.6 Å². The van der Waals surface area contributed by atoms with Crippen molar-refractivity contribution in [2.45, 2.75) is 122 Å². The number of benzene rings is 2. The lowest BCUT2D eigenvalue weighted by Gasteiger charge is -2.33. The topological polar surface area (TPSA) is 329 Å². The van der Waals surface area contributed by atoms with Gasteiger partial charge in [-0.2, -0.15) is 12.6 Å². The number of fused-ring (bicyclic) bond motifs is 2. The molecular formula is C58H83N11O10S. The van der Waals surface area contributed by atoms with E-state index in [0.717, 1.165) is 17.0 Å². The average Bonchev–Trinajstić information content (AvgIpc) is 3.62. The number of aromatic carboxylic acids is 1. The molecule has 2 aromatic rings. The molecular weight excluding hydrogens is 1040 g/mol. The molecule has 6 unspecified atom stereocenters. The van der Waals surface area contributed by atoms with E-state index in [1.54, 1.807) is 32.3 Å². The van der Waals surface area contributed by atoms with Crippen LogP contribution < -0.4 is 47.9 Å². The molecule has 2 aromatic carbocycles. The molecule has 0 radical (unpaired) electrons. The highest BCUT2D eigenvalue weighted by Crippen LogP contribution is 2.45. The molecule has 80 heavy (non-hydrogen) atoms. The Kier molecular flexibility index (Phi) is 26.8. The molecule has 6 atom stereocenters. The fourth-order valence-electron chi connectivity index (χ4n) is 9.48. The van der Waals surface area contributed by atoms with Crippen molar-refractivity contribution in [3.8, 4) is 5.75 Å². The lowest BCUT2D eigenvalue weighted by molar-refractivity contribution is -0.465. The number of rotatable bonds is 34. The van der Waals surface area contributed by atoms with E-state index in [0.29, 0.717) is 80.5 Å². The zero-order valence-electron chi connectivity index (χ0n) is 47.4. The second-order valence-corrected chi connectivity index (χ2v) is 21.1. The number of carbonyl (C=O) groups excluding carboxylic acids is 6. The van der Waals surface area contributed by atoms with Gasteiger partial charge in [0.2, 0.25) is 11.8 Å². The molecule has 0 spiro atoms. The zero-order valence-corrected chi connectivity index (χ0v) is 48.3. The number of anilines is 1. The molecule has 2 aliphatic rings. The predicted octanol–water partition coefficient (Wildman–Crippen LogP) is 3.15. The Morgan fingerprint density at radius 3 is 2.24 bits per heavy atom. The van der Waals surface area contributed by atoms with Gasteiger partial charge in [0, 0.05) is 123 Å². The number of allylic oxidation sites excluding steroid dienone is 1. The summed E-state index contributed by atoms with van der Waals surface area (Å²) in [6.07, 6.45) is 9.53. The second kappa shape index (κ2) is 32.8. The molecule has 1 aliphatic heterocycles. The average molecular weight is 1130 g/mol. The summed E-state index contributed by atoms with van der Waals surface area (Å²) in [5.74, 6) is -7.15. The molecule has 21 nitrogen and oxygen atoms in total. The van der Waals surface area contributed by atoms with Crippen LogP contribution in [0, 0.1) is 17.8 Å². The normalized spacial score (nSPS) is 15.7. The Morgan fingerprint density at radius 1 is 0.887 bits per heavy atom. The van der Waals surface area contributed by atoms with Crippen LogP contribution in [0.15, 0.2) is 69.1 Å². The summed E-state index contributed by atoms with van der Waals surface area (Å²) in [5, 5.41) is 31.5. The van der Waals surface area contributed by atoms with Crippen LogP contribution in [-0.4, -0.2) is 159 Å². The fraction of sp³-hybridized carbons (Fsp3) is 0.534. The minimum absolute atomic E-state index is 0.0780. The Morgan fingerprint density at radius 2 is 1.60 bits per heavy atom. The Bertz CT molecular complexity index is 2710. The van der Waals surface area contributed by atoms with Crippen molar-refractivity contribution in [3.05, 3.63) is 76.4 Å².